The molecule has 0 aliphatic heterocycles. The fraction of sp³-hybridized carbons (Fsp3) is 0.0526. The first-order valence-corrected chi connectivity index (χ1v) is 7.62. The van der Waals surface area contributed by atoms with Crippen LogP contribution in [0.3, 0.4) is 0 Å². The number of amides is 2. The Bertz CT molecular complexity index is 910. The molecule has 0 unspecified atom stereocenters. The van der Waals surface area contributed by atoms with Crippen molar-refractivity contribution in [2.75, 3.05) is 6.61 Å². The van der Waals surface area contributed by atoms with E-state index in [9.17, 15) is 14.7 Å². The molecule has 3 aromatic rings. The summed E-state index contributed by atoms with van der Waals surface area (Å²) in [5, 5.41) is 11.6. The first kappa shape index (κ1) is 16.3. The molecule has 3 aromatic carbocycles. The van der Waals surface area contributed by atoms with E-state index in [0.717, 1.165) is 10.8 Å². The highest BCUT2D eigenvalue weighted by atomic mass is 16.5. The number of hydrazine groups is 1. The van der Waals surface area contributed by atoms with Gasteiger partial charge < -0.3 is 9.84 Å². The summed E-state index contributed by atoms with van der Waals surface area (Å²) < 4.78 is 5.27. The van der Waals surface area contributed by atoms with Gasteiger partial charge in [0.1, 0.15) is 11.5 Å². The fourth-order valence-corrected chi connectivity index (χ4v) is 2.31. The van der Waals surface area contributed by atoms with E-state index in [1.807, 2.05) is 30.3 Å². The molecule has 0 bridgehead atoms. The summed E-state index contributed by atoms with van der Waals surface area (Å²) in [6, 6.07) is 19.3. The molecule has 0 heterocycles. The summed E-state index contributed by atoms with van der Waals surface area (Å²) in [4.78, 5) is 23.9. The van der Waals surface area contributed by atoms with Crippen LogP contribution >= 0.6 is 0 Å². The van der Waals surface area contributed by atoms with Gasteiger partial charge in [-0.05, 0) is 35.0 Å². The zero-order chi connectivity index (χ0) is 17.6. The summed E-state index contributed by atoms with van der Waals surface area (Å²) in [7, 11) is 0. The average Bonchev–Trinajstić information content (AvgIpc) is 2.64. The number of carbonyl (C=O) groups is 2. The molecule has 6 heteroatoms. The number of ether oxygens (including phenoxy) is 1. The molecule has 25 heavy (non-hydrogen) atoms. The zero-order valence-corrected chi connectivity index (χ0v) is 13.2. The lowest BCUT2D eigenvalue weighted by Gasteiger charge is -2.10. The molecule has 0 fully saturated rings. The molecule has 126 valence electrons. The van der Waals surface area contributed by atoms with Crippen molar-refractivity contribution >= 4 is 22.6 Å². The number of hydrogen-bond donors (Lipinski definition) is 3. The number of para-hydroxylation sites is 1. The molecule has 0 saturated heterocycles. The summed E-state index contributed by atoms with van der Waals surface area (Å²) in [6.07, 6.45) is 0. The standard InChI is InChI=1S/C19H16N2O4/c22-17-11-14-7-5-4-6-13(14)10-16(17)19(24)21-20-18(23)12-25-15-8-2-1-3-9-15/h1-11,22H,12H2,(H,20,23)(H,21,24). The van der Waals surface area contributed by atoms with Crippen LogP contribution in [0.2, 0.25) is 0 Å². The summed E-state index contributed by atoms with van der Waals surface area (Å²) in [5.41, 5.74) is 4.59. The van der Waals surface area contributed by atoms with Gasteiger partial charge in [-0.1, -0.05) is 42.5 Å². The molecule has 0 spiro atoms. The first-order chi connectivity index (χ1) is 12.1. The number of aromatic hydroxyl groups is 1. The maximum Gasteiger partial charge on any atom is 0.276 e. The second-order valence-corrected chi connectivity index (χ2v) is 5.32. The lowest BCUT2D eigenvalue weighted by molar-refractivity contribution is -0.123. The van der Waals surface area contributed by atoms with Crippen LogP contribution in [0.5, 0.6) is 11.5 Å². The number of rotatable bonds is 4. The van der Waals surface area contributed by atoms with E-state index in [4.69, 9.17) is 4.74 Å². The van der Waals surface area contributed by atoms with Crippen LogP contribution in [0.1, 0.15) is 10.4 Å². The molecule has 0 atom stereocenters. The number of phenols is 1. The third kappa shape index (κ3) is 4.06. The van der Waals surface area contributed by atoms with Crippen molar-refractivity contribution in [3.63, 3.8) is 0 Å². The van der Waals surface area contributed by atoms with Crippen LogP contribution in [0.25, 0.3) is 10.8 Å². The van der Waals surface area contributed by atoms with Gasteiger partial charge in [0, 0.05) is 0 Å². The molecular formula is C19H16N2O4. The van der Waals surface area contributed by atoms with Gasteiger partial charge in [0.15, 0.2) is 6.61 Å². The quantitative estimate of drug-likeness (QED) is 0.638. The molecule has 0 saturated carbocycles. The Morgan fingerprint density at radius 1 is 0.880 bits per heavy atom. The van der Waals surface area contributed by atoms with E-state index in [-0.39, 0.29) is 17.9 Å². The SMILES string of the molecule is O=C(COc1ccccc1)NNC(=O)c1cc2ccccc2cc1O. The highest BCUT2D eigenvalue weighted by Gasteiger charge is 2.13. The van der Waals surface area contributed by atoms with Gasteiger partial charge in [0.2, 0.25) is 0 Å². The maximum absolute atomic E-state index is 12.2. The third-order valence-corrected chi connectivity index (χ3v) is 3.54. The minimum Gasteiger partial charge on any atom is -0.507 e. The van der Waals surface area contributed by atoms with E-state index in [2.05, 4.69) is 10.9 Å². The monoisotopic (exact) mass is 336 g/mol. The van der Waals surface area contributed by atoms with Gasteiger partial charge >= 0.3 is 0 Å². The summed E-state index contributed by atoms with van der Waals surface area (Å²) in [6.45, 7) is -0.242. The van der Waals surface area contributed by atoms with Crippen molar-refractivity contribution in [2.24, 2.45) is 0 Å². The fourth-order valence-electron chi connectivity index (χ4n) is 2.31. The topological polar surface area (TPSA) is 87.7 Å². The van der Waals surface area contributed by atoms with Crippen LogP contribution in [0.15, 0.2) is 66.7 Å². The van der Waals surface area contributed by atoms with Gasteiger partial charge in [-0.2, -0.15) is 0 Å². The van der Waals surface area contributed by atoms with E-state index in [0.29, 0.717) is 5.75 Å². The Kier molecular flexibility index (Phi) is 4.80. The van der Waals surface area contributed by atoms with Crippen LogP contribution in [0.4, 0.5) is 0 Å². The molecule has 0 aliphatic rings. The summed E-state index contributed by atoms with van der Waals surface area (Å²) >= 11 is 0. The number of carbonyl (C=O) groups excluding carboxylic acids is 2. The Morgan fingerprint density at radius 3 is 2.24 bits per heavy atom. The van der Waals surface area contributed by atoms with Gasteiger partial charge in [-0.25, -0.2) is 0 Å². The maximum atomic E-state index is 12.2. The number of benzene rings is 3. The van der Waals surface area contributed by atoms with Crippen LogP contribution in [0, 0.1) is 0 Å². The Morgan fingerprint density at radius 2 is 1.52 bits per heavy atom. The minimum absolute atomic E-state index is 0.0722. The van der Waals surface area contributed by atoms with Crippen molar-refractivity contribution < 1.29 is 19.4 Å². The second-order valence-electron chi connectivity index (χ2n) is 5.32. The average molecular weight is 336 g/mol. The smallest absolute Gasteiger partial charge is 0.276 e. The normalized spacial score (nSPS) is 10.2. The number of nitrogens with one attached hydrogen (secondary N) is 2. The second kappa shape index (κ2) is 7.35. The van der Waals surface area contributed by atoms with E-state index in [1.54, 1.807) is 30.3 Å². The van der Waals surface area contributed by atoms with E-state index in [1.165, 1.54) is 6.07 Å². The molecule has 3 rings (SSSR count). The Labute approximate surface area is 144 Å². The number of hydrogen-bond acceptors (Lipinski definition) is 4. The van der Waals surface area contributed by atoms with Gasteiger partial charge in [0.05, 0.1) is 5.56 Å². The van der Waals surface area contributed by atoms with Crippen LogP contribution in [-0.2, 0) is 4.79 Å². The molecule has 6 nitrogen and oxygen atoms in total. The highest BCUT2D eigenvalue weighted by Crippen LogP contribution is 2.24. The number of fused-ring (bicyclic) bond motifs is 1. The van der Waals surface area contributed by atoms with Crippen molar-refractivity contribution in [3.8, 4) is 11.5 Å². The third-order valence-electron chi connectivity index (χ3n) is 3.54. The summed E-state index contributed by atoms with van der Waals surface area (Å²) in [5.74, 6) is -0.740. The van der Waals surface area contributed by atoms with Crippen molar-refractivity contribution in [3.05, 3.63) is 72.3 Å². The van der Waals surface area contributed by atoms with Crippen molar-refractivity contribution in [2.45, 2.75) is 0 Å². The largest absolute Gasteiger partial charge is 0.507 e. The lowest BCUT2D eigenvalue weighted by atomic mass is 10.1. The van der Waals surface area contributed by atoms with Crippen molar-refractivity contribution in [1.29, 1.82) is 0 Å². The first-order valence-electron chi connectivity index (χ1n) is 7.62. The zero-order valence-electron chi connectivity index (χ0n) is 13.2. The van der Waals surface area contributed by atoms with Crippen LogP contribution in [-0.4, -0.2) is 23.5 Å². The lowest BCUT2D eigenvalue weighted by Crippen LogP contribution is -2.43. The molecule has 3 N–H and O–H groups in total. The van der Waals surface area contributed by atoms with Crippen LogP contribution < -0.4 is 15.6 Å². The van der Waals surface area contributed by atoms with Gasteiger partial charge in [-0.15, -0.1) is 0 Å². The molecule has 0 radical (unpaired) electrons. The minimum atomic E-state index is -0.615. The highest BCUT2D eigenvalue weighted by molar-refractivity contribution is 6.02. The van der Waals surface area contributed by atoms with Gasteiger partial charge in [0.25, 0.3) is 11.8 Å². The van der Waals surface area contributed by atoms with E-state index >= 15 is 0 Å². The van der Waals surface area contributed by atoms with E-state index < -0.39 is 11.8 Å². The predicted molar refractivity (Wildman–Crippen MR) is 93.2 cm³/mol. The van der Waals surface area contributed by atoms with Crippen molar-refractivity contribution in [1.82, 2.24) is 10.9 Å². The molecule has 0 aromatic heterocycles. The molecule has 0 aliphatic carbocycles. The molecular weight excluding hydrogens is 320 g/mol. The molecule has 2 amide bonds. The van der Waals surface area contributed by atoms with Gasteiger partial charge in [-0.3, -0.25) is 20.4 Å². The number of phenolic OH excluding ortho intramolecular Hbond substituents is 1. The predicted octanol–water partition coefficient (Wildman–Crippen LogP) is 2.39. The Balaban J connectivity index is 1.59. The Hall–Kier alpha value is -3.54.